The van der Waals surface area contributed by atoms with Gasteiger partial charge >= 0.3 is 0 Å². The molecular weight excluding hydrogens is 552 g/mol. The van der Waals surface area contributed by atoms with E-state index >= 15 is 0 Å². The van der Waals surface area contributed by atoms with E-state index in [1.807, 2.05) is 85.8 Å². The van der Waals surface area contributed by atoms with Crippen LogP contribution in [-0.4, -0.2) is 35.4 Å². The number of ether oxygens (including phenoxy) is 1. The lowest BCUT2D eigenvalue weighted by Gasteiger charge is -2.33. The Kier molecular flexibility index (Phi) is 11.0. The molecular formula is C33H39BrN2O3. The molecule has 2 amide bonds. The van der Waals surface area contributed by atoms with E-state index in [1.165, 1.54) is 12.0 Å². The Morgan fingerprint density at radius 2 is 1.62 bits per heavy atom. The summed E-state index contributed by atoms with van der Waals surface area (Å²) in [4.78, 5) is 29.4. The molecule has 1 atom stereocenters. The molecule has 4 rings (SSSR count). The van der Waals surface area contributed by atoms with E-state index in [2.05, 4.69) is 21.2 Å². The summed E-state index contributed by atoms with van der Waals surface area (Å²) in [6, 6.07) is 25.4. The van der Waals surface area contributed by atoms with Gasteiger partial charge in [0.15, 0.2) is 0 Å². The lowest BCUT2D eigenvalue weighted by Crippen LogP contribution is -2.52. The van der Waals surface area contributed by atoms with Crippen LogP contribution in [0.5, 0.6) is 5.75 Å². The standard InChI is InChI=1S/C33H39BrN2O3/c1-25-14-20-30(21-15-25)39-22-8-13-32(37)36(24-27-16-18-28(34)19-17-27)31(23-26-9-4-2-5-10-26)33(38)35-29-11-6-3-7-12-29/h2,4-5,9-10,14-21,29,31H,3,6-8,11-13,22-24H2,1H3,(H,35,38)/t31-/m0/s1. The second-order valence-corrected chi connectivity index (χ2v) is 11.4. The molecule has 6 heteroatoms. The molecule has 0 bridgehead atoms. The van der Waals surface area contributed by atoms with Gasteiger partial charge in [-0.1, -0.05) is 95.4 Å². The molecule has 0 saturated heterocycles. The zero-order valence-corrected chi connectivity index (χ0v) is 24.4. The third-order valence-corrected chi connectivity index (χ3v) is 7.84. The second-order valence-electron chi connectivity index (χ2n) is 10.5. The summed E-state index contributed by atoms with van der Waals surface area (Å²) in [5.74, 6) is 0.700. The summed E-state index contributed by atoms with van der Waals surface area (Å²) in [6.07, 6.45) is 6.85. The average molecular weight is 592 g/mol. The van der Waals surface area contributed by atoms with Gasteiger partial charge in [0, 0.05) is 29.9 Å². The molecule has 0 aromatic heterocycles. The van der Waals surface area contributed by atoms with Crippen molar-refractivity contribution in [3.63, 3.8) is 0 Å². The molecule has 0 aliphatic heterocycles. The summed E-state index contributed by atoms with van der Waals surface area (Å²) in [5.41, 5.74) is 3.21. The van der Waals surface area contributed by atoms with Crippen molar-refractivity contribution in [2.24, 2.45) is 0 Å². The first kappa shape index (κ1) is 28.9. The van der Waals surface area contributed by atoms with Gasteiger partial charge in [-0.05, 0) is 61.6 Å². The van der Waals surface area contributed by atoms with E-state index in [9.17, 15) is 9.59 Å². The van der Waals surface area contributed by atoms with Crippen LogP contribution in [0.25, 0.3) is 0 Å². The minimum absolute atomic E-state index is 0.0369. The average Bonchev–Trinajstić information content (AvgIpc) is 2.96. The Balaban J connectivity index is 1.51. The molecule has 0 spiro atoms. The predicted octanol–water partition coefficient (Wildman–Crippen LogP) is 7.01. The fourth-order valence-electron chi connectivity index (χ4n) is 5.08. The summed E-state index contributed by atoms with van der Waals surface area (Å²) in [6.45, 7) is 2.86. The van der Waals surface area contributed by atoms with Crippen molar-refractivity contribution in [3.05, 3.63) is 100 Å². The topological polar surface area (TPSA) is 58.6 Å². The van der Waals surface area contributed by atoms with E-state index in [0.29, 0.717) is 32.4 Å². The van der Waals surface area contributed by atoms with E-state index < -0.39 is 6.04 Å². The number of carbonyl (C=O) groups is 2. The SMILES string of the molecule is Cc1ccc(OCCCC(=O)N(Cc2ccc(Br)cc2)[C@@H](Cc2ccccc2)C(=O)NC2CCCCC2)cc1. The van der Waals surface area contributed by atoms with E-state index in [1.54, 1.807) is 4.90 Å². The number of hydrogen-bond donors (Lipinski definition) is 1. The maximum atomic E-state index is 13.8. The smallest absolute Gasteiger partial charge is 0.243 e. The minimum atomic E-state index is -0.594. The first-order chi connectivity index (χ1) is 19.0. The van der Waals surface area contributed by atoms with Crippen molar-refractivity contribution in [2.75, 3.05) is 6.61 Å². The van der Waals surface area contributed by atoms with E-state index in [0.717, 1.165) is 47.0 Å². The maximum absolute atomic E-state index is 13.8. The van der Waals surface area contributed by atoms with Gasteiger partial charge < -0.3 is 15.0 Å². The highest BCUT2D eigenvalue weighted by Gasteiger charge is 2.31. The summed E-state index contributed by atoms with van der Waals surface area (Å²) in [5, 5.41) is 3.30. The fourth-order valence-corrected chi connectivity index (χ4v) is 5.34. The molecule has 5 nitrogen and oxygen atoms in total. The van der Waals surface area contributed by atoms with Crippen molar-refractivity contribution in [3.8, 4) is 5.75 Å². The third-order valence-electron chi connectivity index (χ3n) is 7.31. The van der Waals surface area contributed by atoms with Crippen molar-refractivity contribution >= 4 is 27.7 Å². The van der Waals surface area contributed by atoms with Crippen molar-refractivity contribution in [1.82, 2.24) is 10.2 Å². The number of carbonyl (C=O) groups excluding carboxylic acids is 2. The molecule has 39 heavy (non-hydrogen) atoms. The Bertz CT molecular complexity index is 1180. The number of nitrogens with zero attached hydrogens (tertiary/aromatic N) is 1. The normalized spacial score (nSPS) is 14.4. The zero-order valence-electron chi connectivity index (χ0n) is 22.8. The number of halogens is 1. The van der Waals surface area contributed by atoms with Crippen molar-refractivity contribution < 1.29 is 14.3 Å². The number of hydrogen-bond acceptors (Lipinski definition) is 3. The fraction of sp³-hybridized carbons (Fsp3) is 0.394. The second kappa shape index (κ2) is 14.9. The lowest BCUT2D eigenvalue weighted by molar-refractivity contribution is -0.141. The van der Waals surface area contributed by atoms with Crippen LogP contribution in [0.3, 0.4) is 0 Å². The molecule has 3 aromatic carbocycles. The van der Waals surface area contributed by atoms with Crippen LogP contribution in [0, 0.1) is 6.92 Å². The molecule has 1 aliphatic carbocycles. The highest BCUT2D eigenvalue weighted by Crippen LogP contribution is 2.21. The molecule has 0 heterocycles. The van der Waals surface area contributed by atoms with Gasteiger partial charge in [-0.25, -0.2) is 0 Å². The largest absolute Gasteiger partial charge is 0.494 e. The highest BCUT2D eigenvalue weighted by atomic mass is 79.9. The Morgan fingerprint density at radius 1 is 0.923 bits per heavy atom. The lowest BCUT2D eigenvalue weighted by atomic mass is 9.94. The number of aryl methyl sites for hydroxylation is 1. The Hall–Kier alpha value is -3.12. The first-order valence-electron chi connectivity index (χ1n) is 14.1. The van der Waals surface area contributed by atoms with Crippen LogP contribution in [0.2, 0.25) is 0 Å². The van der Waals surface area contributed by atoms with Crippen LogP contribution in [0.4, 0.5) is 0 Å². The monoisotopic (exact) mass is 590 g/mol. The molecule has 1 N–H and O–H groups in total. The quantitative estimate of drug-likeness (QED) is 0.231. The van der Waals surface area contributed by atoms with Gasteiger partial charge in [-0.2, -0.15) is 0 Å². The van der Waals surface area contributed by atoms with Crippen LogP contribution in [0.15, 0.2) is 83.3 Å². The maximum Gasteiger partial charge on any atom is 0.243 e. The molecule has 0 radical (unpaired) electrons. The van der Waals surface area contributed by atoms with Gasteiger partial charge in [0.25, 0.3) is 0 Å². The van der Waals surface area contributed by atoms with Crippen LogP contribution < -0.4 is 10.1 Å². The number of rotatable bonds is 12. The number of amides is 2. The highest BCUT2D eigenvalue weighted by molar-refractivity contribution is 9.10. The zero-order chi connectivity index (χ0) is 27.5. The molecule has 1 fully saturated rings. The van der Waals surface area contributed by atoms with Crippen molar-refractivity contribution in [1.29, 1.82) is 0 Å². The summed E-state index contributed by atoms with van der Waals surface area (Å²) in [7, 11) is 0. The summed E-state index contributed by atoms with van der Waals surface area (Å²) < 4.78 is 6.85. The third kappa shape index (κ3) is 9.24. The molecule has 0 unspecified atom stereocenters. The van der Waals surface area contributed by atoms with Crippen LogP contribution in [-0.2, 0) is 22.6 Å². The van der Waals surface area contributed by atoms with Gasteiger partial charge in [0.1, 0.15) is 11.8 Å². The molecule has 1 saturated carbocycles. The molecule has 1 aliphatic rings. The number of benzene rings is 3. The molecule has 3 aromatic rings. The van der Waals surface area contributed by atoms with Gasteiger partial charge in [-0.3, -0.25) is 9.59 Å². The van der Waals surface area contributed by atoms with E-state index in [4.69, 9.17) is 4.74 Å². The Morgan fingerprint density at radius 3 is 2.31 bits per heavy atom. The van der Waals surface area contributed by atoms with Crippen molar-refractivity contribution in [2.45, 2.75) is 76.9 Å². The van der Waals surface area contributed by atoms with Gasteiger partial charge in [-0.15, -0.1) is 0 Å². The molecule has 206 valence electrons. The first-order valence-corrected chi connectivity index (χ1v) is 14.8. The van der Waals surface area contributed by atoms with Crippen LogP contribution >= 0.6 is 15.9 Å². The minimum Gasteiger partial charge on any atom is -0.494 e. The van der Waals surface area contributed by atoms with Gasteiger partial charge in [0.2, 0.25) is 11.8 Å². The predicted molar refractivity (Wildman–Crippen MR) is 160 cm³/mol. The van der Waals surface area contributed by atoms with Crippen LogP contribution in [0.1, 0.15) is 61.6 Å². The van der Waals surface area contributed by atoms with Gasteiger partial charge in [0.05, 0.1) is 6.61 Å². The number of nitrogens with one attached hydrogen (secondary N) is 1. The van der Waals surface area contributed by atoms with E-state index in [-0.39, 0.29) is 17.9 Å². The Labute approximate surface area is 241 Å². The summed E-state index contributed by atoms with van der Waals surface area (Å²) >= 11 is 3.50.